The minimum absolute atomic E-state index is 0.0838. The van der Waals surface area contributed by atoms with E-state index in [1.807, 2.05) is 6.07 Å². The van der Waals surface area contributed by atoms with Gasteiger partial charge in [-0.1, -0.05) is 0 Å². The Bertz CT molecular complexity index is 962. The lowest BCUT2D eigenvalue weighted by Gasteiger charge is -2.18. The van der Waals surface area contributed by atoms with E-state index < -0.39 is 5.91 Å². The molecule has 2 aromatic carbocycles. The van der Waals surface area contributed by atoms with Crippen molar-refractivity contribution >= 4 is 29.1 Å². The Kier molecular flexibility index (Phi) is 4.53. The second-order valence-electron chi connectivity index (χ2n) is 5.45. The van der Waals surface area contributed by atoms with E-state index in [0.717, 1.165) is 0 Å². The van der Waals surface area contributed by atoms with Crippen molar-refractivity contribution in [1.82, 2.24) is 5.32 Å². The van der Waals surface area contributed by atoms with Crippen LogP contribution >= 0.6 is 0 Å². The summed E-state index contributed by atoms with van der Waals surface area (Å²) in [4.78, 5) is 35.6. The van der Waals surface area contributed by atoms with Gasteiger partial charge in [0.15, 0.2) is 6.61 Å². The number of carbonyl (C=O) groups excluding carboxylic acids is 3. The number of nitriles is 1. The second kappa shape index (κ2) is 6.94. The Balaban J connectivity index is 1.87. The molecule has 0 atom stereocenters. The molecule has 0 aliphatic carbocycles. The Morgan fingerprint density at radius 3 is 2.73 bits per heavy atom. The van der Waals surface area contributed by atoms with Crippen molar-refractivity contribution in [1.29, 1.82) is 5.26 Å². The first-order valence-corrected chi connectivity index (χ1v) is 7.66. The van der Waals surface area contributed by atoms with Crippen LogP contribution < -0.4 is 20.7 Å². The van der Waals surface area contributed by atoms with E-state index in [1.165, 1.54) is 25.2 Å². The highest BCUT2D eigenvalue weighted by Crippen LogP contribution is 2.30. The SMILES string of the molecule is CNC(=O)c1ccc(C#N)c(C(=O)Nc2ccc3c(c2)OCC(=O)N3)c1. The van der Waals surface area contributed by atoms with Gasteiger partial charge in [0, 0.05) is 24.4 Å². The summed E-state index contributed by atoms with van der Waals surface area (Å²) >= 11 is 0. The number of carbonyl (C=O) groups is 3. The van der Waals surface area contributed by atoms with Crippen LogP contribution in [0.1, 0.15) is 26.3 Å². The predicted octanol–water partition coefficient (Wildman–Crippen LogP) is 1.50. The van der Waals surface area contributed by atoms with Crippen LogP contribution in [0.4, 0.5) is 11.4 Å². The van der Waals surface area contributed by atoms with E-state index in [4.69, 9.17) is 4.74 Å². The van der Waals surface area contributed by atoms with Gasteiger partial charge >= 0.3 is 0 Å². The lowest BCUT2D eigenvalue weighted by atomic mass is 10.0. The van der Waals surface area contributed by atoms with E-state index in [-0.39, 0.29) is 35.1 Å². The maximum atomic E-state index is 12.6. The molecule has 1 aliphatic heterocycles. The molecule has 0 radical (unpaired) electrons. The van der Waals surface area contributed by atoms with Crippen molar-refractivity contribution in [3.63, 3.8) is 0 Å². The standard InChI is InChI=1S/C18H14N4O4/c1-20-17(24)10-2-3-11(8-19)13(6-10)18(25)21-12-4-5-14-15(7-12)26-9-16(23)22-14/h2-7H,9H2,1H3,(H,20,24)(H,21,25)(H,22,23). The van der Waals surface area contributed by atoms with Gasteiger partial charge in [-0.15, -0.1) is 0 Å². The predicted molar refractivity (Wildman–Crippen MR) is 93.1 cm³/mol. The fraction of sp³-hybridized carbons (Fsp3) is 0.111. The first kappa shape index (κ1) is 17.0. The Labute approximate surface area is 148 Å². The van der Waals surface area contributed by atoms with Gasteiger partial charge in [0.2, 0.25) is 0 Å². The average molecular weight is 350 g/mol. The Morgan fingerprint density at radius 2 is 2.00 bits per heavy atom. The molecule has 0 saturated heterocycles. The molecule has 3 rings (SSSR count). The minimum atomic E-state index is -0.535. The highest BCUT2D eigenvalue weighted by atomic mass is 16.5. The van der Waals surface area contributed by atoms with Gasteiger partial charge in [-0.05, 0) is 30.3 Å². The molecule has 130 valence electrons. The van der Waals surface area contributed by atoms with Crippen molar-refractivity contribution in [3.05, 3.63) is 53.1 Å². The lowest BCUT2D eigenvalue weighted by molar-refractivity contribution is -0.118. The maximum absolute atomic E-state index is 12.6. The summed E-state index contributed by atoms with van der Waals surface area (Å²) in [5.74, 6) is -0.713. The number of nitrogens with one attached hydrogen (secondary N) is 3. The molecule has 3 amide bonds. The van der Waals surface area contributed by atoms with Crippen LogP contribution in [0.25, 0.3) is 0 Å². The topological polar surface area (TPSA) is 120 Å². The molecular formula is C18H14N4O4. The number of hydrogen-bond acceptors (Lipinski definition) is 5. The summed E-state index contributed by atoms with van der Waals surface area (Å²) in [5.41, 5.74) is 1.45. The monoisotopic (exact) mass is 350 g/mol. The van der Waals surface area contributed by atoms with Crippen molar-refractivity contribution < 1.29 is 19.1 Å². The molecule has 8 heteroatoms. The summed E-state index contributed by atoms with van der Waals surface area (Å²) in [5, 5.41) is 17.0. The number of hydrogen-bond donors (Lipinski definition) is 3. The summed E-state index contributed by atoms with van der Waals surface area (Å²) < 4.78 is 5.31. The van der Waals surface area contributed by atoms with Crippen molar-refractivity contribution in [2.24, 2.45) is 0 Å². The minimum Gasteiger partial charge on any atom is -0.482 e. The second-order valence-corrected chi connectivity index (χ2v) is 5.45. The van der Waals surface area contributed by atoms with E-state index in [9.17, 15) is 19.6 Å². The van der Waals surface area contributed by atoms with Crippen LogP contribution in [0.2, 0.25) is 0 Å². The fourth-order valence-electron chi connectivity index (χ4n) is 2.47. The number of anilines is 2. The van der Waals surface area contributed by atoms with Gasteiger partial charge in [0.25, 0.3) is 17.7 Å². The third-order valence-electron chi connectivity index (χ3n) is 3.75. The van der Waals surface area contributed by atoms with Crippen LogP contribution in [0.15, 0.2) is 36.4 Å². The third-order valence-corrected chi connectivity index (χ3v) is 3.75. The quantitative estimate of drug-likeness (QED) is 0.775. The number of rotatable bonds is 3. The molecule has 0 unspecified atom stereocenters. The van der Waals surface area contributed by atoms with Crippen LogP contribution in [0.5, 0.6) is 5.75 Å². The molecule has 0 saturated carbocycles. The number of ether oxygens (including phenoxy) is 1. The summed E-state index contributed by atoms with van der Waals surface area (Å²) in [6.45, 7) is -0.100. The van der Waals surface area contributed by atoms with Crippen molar-refractivity contribution in [2.75, 3.05) is 24.3 Å². The lowest BCUT2D eigenvalue weighted by Crippen LogP contribution is -2.25. The molecule has 1 heterocycles. The Morgan fingerprint density at radius 1 is 1.19 bits per heavy atom. The average Bonchev–Trinajstić information content (AvgIpc) is 2.66. The molecule has 3 N–H and O–H groups in total. The van der Waals surface area contributed by atoms with Crippen LogP contribution in [0.3, 0.4) is 0 Å². The number of fused-ring (bicyclic) bond motifs is 1. The van der Waals surface area contributed by atoms with E-state index in [2.05, 4.69) is 16.0 Å². The Hall–Kier alpha value is -3.86. The zero-order valence-corrected chi connectivity index (χ0v) is 13.8. The number of amides is 3. The first-order valence-electron chi connectivity index (χ1n) is 7.66. The fourth-order valence-corrected chi connectivity index (χ4v) is 2.47. The number of benzene rings is 2. The van der Waals surface area contributed by atoms with Crippen molar-refractivity contribution in [3.8, 4) is 11.8 Å². The smallest absolute Gasteiger partial charge is 0.262 e. The van der Waals surface area contributed by atoms with Gasteiger partial charge in [0.05, 0.1) is 22.9 Å². The zero-order valence-electron chi connectivity index (χ0n) is 13.8. The van der Waals surface area contributed by atoms with Crippen molar-refractivity contribution in [2.45, 2.75) is 0 Å². The molecule has 0 fully saturated rings. The van der Waals surface area contributed by atoms with Gasteiger partial charge in [-0.25, -0.2) is 0 Å². The van der Waals surface area contributed by atoms with E-state index in [1.54, 1.807) is 18.2 Å². The van der Waals surface area contributed by atoms with Gasteiger partial charge < -0.3 is 20.7 Å². The molecule has 8 nitrogen and oxygen atoms in total. The molecule has 26 heavy (non-hydrogen) atoms. The summed E-state index contributed by atoms with van der Waals surface area (Å²) in [7, 11) is 1.48. The highest BCUT2D eigenvalue weighted by molar-refractivity contribution is 6.08. The van der Waals surface area contributed by atoms with E-state index >= 15 is 0 Å². The molecule has 0 bridgehead atoms. The molecule has 0 spiro atoms. The zero-order chi connectivity index (χ0) is 18.7. The normalized spacial score (nSPS) is 12.1. The van der Waals surface area contributed by atoms with E-state index in [0.29, 0.717) is 17.1 Å². The summed E-state index contributed by atoms with van der Waals surface area (Å²) in [6.07, 6.45) is 0. The van der Waals surface area contributed by atoms with Crippen LogP contribution in [0, 0.1) is 11.3 Å². The van der Waals surface area contributed by atoms with Gasteiger partial charge in [0.1, 0.15) is 5.75 Å². The molecule has 0 aromatic heterocycles. The molecule has 2 aromatic rings. The first-order chi connectivity index (χ1) is 12.5. The third kappa shape index (κ3) is 3.32. The van der Waals surface area contributed by atoms with Crippen LogP contribution in [-0.2, 0) is 4.79 Å². The molecular weight excluding hydrogens is 336 g/mol. The van der Waals surface area contributed by atoms with Crippen LogP contribution in [-0.4, -0.2) is 31.4 Å². The maximum Gasteiger partial charge on any atom is 0.262 e. The largest absolute Gasteiger partial charge is 0.482 e. The highest BCUT2D eigenvalue weighted by Gasteiger charge is 2.18. The summed E-state index contributed by atoms with van der Waals surface area (Å²) in [6, 6.07) is 11.0. The van der Waals surface area contributed by atoms with Gasteiger partial charge in [-0.3, -0.25) is 14.4 Å². The number of nitrogens with zero attached hydrogens (tertiary/aromatic N) is 1. The van der Waals surface area contributed by atoms with Gasteiger partial charge in [-0.2, -0.15) is 5.26 Å². The molecule has 1 aliphatic rings.